The minimum Gasteiger partial charge on any atom is -0.379 e. The van der Waals surface area contributed by atoms with E-state index in [0.717, 1.165) is 26.2 Å². The lowest BCUT2D eigenvalue weighted by atomic mass is 10.1. The standard InChI is InChI=1S/C9H17NO3/c1-10-8-2-3-11-6-9(8)13-7-4-12-5-7/h7-10H,2-6H2,1H3. The van der Waals surface area contributed by atoms with E-state index in [1.165, 1.54) is 0 Å². The van der Waals surface area contributed by atoms with Gasteiger partial charge in [0.2, 0.25) is 0 Å². The second-order valence-corrected chi connectivity index (χ2v) is 3.59. The maximum atomic E-state index is 5.82. The molecule has 0 spiro atoms. The van der Waals surface area contributed by atoms with E-state index < -0.39 is 0 Å². The zero-order valence-corrected chi connectivity index (χ0v) is 7.99. The summed E-state index contributed by atoms with van der Waals surface area (Å²) >= 11 is 0. The van der Waals surface area contributed by atoms with E-state index in [0.29, 0.717) is 18.8 Å². The van der Waals surface area contributed by atoms with Crippen LogP contribution in [0.2, 0.25) is 0 Å². The van der Waals surface area contributed by atoms with Gasteiger partial charge in [-0.3, -0.25) is 0 Å². The first kappa shape index (κ1) is 9.40. The SMILES string of the molecule is CNC1CCOCC1OC1COC1. The van der Waals surface area contributed by atoms with Crippen molar-refractivity contribution in [3.63, 3.8) is 0 Å². The summed E-state index contributed by atoms with van der Waals surface area (Å²) in [5.74, 6) is 0. The summed E-state index contributed by atoms with van der Waals surface area (Å²) in [6.45, 7) is 3.04. The molecule has 0 amide bonds. The molecule has 2 aliphatic heterocycles. The van der Waals surface area contributed by atoms with Gasteiger partial charge in [0, 0.05) is 12.6 Å². The smallest absolute Gasteiger partial charge is 0.105 e. The molecule has 0 aromatic rings. The summed E-state index contributed by atoms with van der Waals surface area (Å²) < 4.78 is 16.3. The van der Waals surface area contributed by atoms with Crippen molar-refractivity contribution >= 4 is 0 Å². The van der Waals surface area contributed by atoms with Crippen LogP contribution in [-0.4, -0.2) is 51.7 Å². The molecule has 0 aromatic heterocycles. The molecule has 2 unspecified atom stereocenters. The monoisotopic (exact) mass is 187 g/mol. The molecule has 76 valence electrons. The molecule has 13 heavy (non-hydrogen) atoms. The molecule has 2 saturated heterocycles. The van der Waals surface area contributed by atoms with Crippen molar-refractivity contribution in [2.45, 2.75) is 24.7 Å². The van der Waals surface area contributed by atoms with E-state index in [-0.39, 0.29) is 6.10 Å². The van der Waals surface area contributed by atoms with E-state index in [9.17, 15) is 0 Å². The number of ether oxygens (including phenoxy) is 3. The molecule has 0 saturated carbocycles. The highest BCUT2D eigenvalue weighted by molar-refractivity contribution is 4.81. The minimum absolute atomic E-state index is 0.202. The van der Waals surface area contributed by atoms with Crippen molar-refractivity contribution in [3.8, 4) is 0 Å². The molecule has 4 heteroatoms. The number of hydrogen-bond acceptors (Lipinski definition) is 4. The van der Waals surface area contributed by atoms with Gasteiger partial charge in [-0.15, -0.1) is 0 Å². The van der Waals surface area contributed by atoms with Gasteiger partial charge in [-0.25, -0.2) is 0 Å². The third kappa shape index (κ3) is 2.20. The molecule has 4 nitrogen and oxygen atoms in total. The highest BCUT2D eigenvalue weighted by atomic mass is 16.6. The third-order valence-electron chi connectivity index (χ3n) is 2.65. The average Bonchev–Trinajstić information content (AvgIpc) is 2.12. The van der Waals surface area contributed by atoms with Gasteiger partial charge in [0.1, 0.15) is 6.10 Å². The topological polar surface area (TPSA) is 39.7 Å². The Kier molecular flexibility index (Phi) is 3.16. The van der Waals surface area contributed by atoms with Gasteiger partial charge in [-0.05, 0) is 13.5 Å². The fourth-order valence-corrected chi connectivity index (χ4v) is 1.72. The summed E-state index contributed by atoms with van der Waals surface area (Å²) in [4.78, 5) is 0. The quantitative estimate of drug-likeness (QED) is 0.663. The zero-order valence-electron chi connectivity index (χ0n) is 7.99. The van der Waals surface area contributed by atoms with Gasteiger partial charge in [0.15, 0.2) is 0 Å². The molecule has 2 atom stereocenters. The molecule has 0 aliphatic carbocycles. The fraction of sp³-hybridized carbons (Fsp3) is 1.00. The summed E-state index contributed by atoms with van der Waals surface area (Å²) in [5, 5.41) is 3.26. The van der Waals surface area contributed by atoms with Gasteiger partial charge in [-0.2, -0.15) is 0 Å². The largest absolute Gasteiger partial charge is 0.379 e. The normalized spacial score (nSPS) is 35.8. The molecular weight excluding hydrogens is 170 g/mol. The van der Waals surface area contributed by atoms with Gasteiger partial charge < -0.3 is 19.5 Å². The Labute approximate surface area is 78.5 Å². The highest BCUT2D eigenvalue weighted by Gasteiger charge is 2.30. The van der Waals surface area contributed by atoms with Crippen LogP contribution < -0.4 is 5.32 Å². The second-order valence-electron chi connectivity index (χ2n) is 3.59. The summed E-state index contributed by atoms with van der Waals surface area (Å²) in [6, 6.07) is 0.439. The van der Waals surface area contributed by atoms with Crippen LogP contribution in [0.15, 0.2) is 0 Å². The Bertz CT molecular complexity index is 161. The number of nitrogens with one attached hydrogen (secondary N) is 1. The second kappa shape index (κ2) is 4.37. The predicted molar refractivity (Wildman–Crippen MR) is 47.8 cm³/mol. The lowest BCUT2D eigenvalue weighted by molar-refractivity contribution is -0.181. The van der Waals surface area contributed by atoms with Crippen molar-refractivity contribution in [1.29, 1.82) is 0 Å². The van der Waals surface area contributed by atoms with E-state index >= 15 is 0 Å². The Morgan fingerprint density at radius 2 is 2.08 bits per heavy atom. The van der Waals surface area contributed by atoms with E-state index in [1.54, 1.807) is 0 Å². The van der Waals surface area contributed by atoms with E-state index in [2.05, 4.69) is 5.32 Å². The van der Waals surface area contributed by atoms with Crippen LogP contribution in [0.4, 0.5) is 0 Å². The molecular formula is C9H17NO3. The van der Waals surface area contributed by atoms with E-state index in [4.69, 9.17) is 14.2 Å². The Morgan fingerprint density at radius 1 is 1.23 bits per heavy atom. The average molecular weight is 187 g/mol. The molecule has 1 N–H and O–H groups in total. The molecule has 0 radical (unpaired) electrons. The maximum absolute atomic E-state index is 5.82. The maximum Gasteiger partial charge on any atom is 0.105 e. The van der Waals surface area contributed by atoms with E-state index in [1.807, 2.05) is 7.05 Å². The number of rotatable bonds is 3. The summed E-state index contributed by atoms with van der Waals surface area (Å²) in [7, 11) is 1.98. The number of hydrogen-bond donors (Lipinski definition) is 1. The van der Waals surface area contributed by atoms with Crippen molar-refractivity contribution < 1.29 is 14.2 Å². The minimum atomic E-state index is 0.202. The molecule has 2 fully saturated rings. The molecule has 0 aromatic carbocycles. The zero-order chi connectivity index (χ0) is 9.10. The molecule has 2 aliphatic rings. The third-order valence-corrected chi connectivity index (χ3v) is 2.65. The predicted octanol–water partition coefficient (Wildman–Crippen LogP) is -0.221. The Balaban J connectivity index is 1.79. The van der Waals surface area contributed by atoms with Crippen molar-refractivity contribution in [2.24, 2.45) is 0 Å². The van der Waals surface area contributed by atoms with Gasteiger partial charge in [-0.1, -0.05) is 0 Å². The van der Waals surface area contributed by atoms with Gasteiger partial charge in [0.05, 0.1) is 25.9 Å². The van der Waals surface area contributed by atoms with Gasteiger partial charge >= 0.3 is 0 Å². The van der Waals surface area contributed by atoms with Crippen molar-refractivity contribution in [2.75, 3.05) is 33.5 Å². The Morgan fingerprint density at radius 3 is 2.69 bits per heavy atom. The highest BCUT2D eigenvalue weighted by Crippen LogP contribution is 2.16. The Hall–Kier alpha value is -0.160. The van der Waals surface area contributed by atoms with Crippen LogP contribution in [0, 0.1) is 0 Å². The first-order valence-electron chi connectivity index (χ1n) is 4.88. The molecule has 0 bridgehead atoms. The van der Waals surface area contributed by atoms with Crippen LogP contribution in [0.1, 0.15) is 6.42 Å². The summed E-state index contributed by atoms with van der Waals surface area (Å²) in [5.41, 5.74) is 0. The lowest BCUT2D eigenvalue weighted by Gasteiger charge is -2.36. The first-order valence-corrected chi connectivity index (χ1v) is 4.88. The van der Waals surface area contributed by atoms with Crippen molar-refractivity contribution in [1.82, 2.24) is 5.32 Å². The number of likely N-dealkylation sites (N-methyl/N-ethyl adjacent to an activating group) is 1. The van der Waals surface area contributed by atoms with Crippen LogP contribution in [0.25, 0.3) is 0 Å². The van der Waals surface area contributed by atoms with Gasteiger partial charge in [0.25, 0.3) is 0 Å². The molecule has 2 heterocycles. The summed E-state index contributed by atoms with van der Waals surface area (Å²) in [6.07, 6.45) is 1.53. The van der Waals surface area contributed by atoms with Crippen LogP contribution >= 0.6 is 0 Å². The van der Waals surface area contributed by atoms with Crippen molar-refractivity contribution in [3.05, 3.63) is 0 Å². The fourth-order valence-electron chi connectivity index (χ4n) is 1.72. The van der Waals surface area contributed by atoms with Crippen LogP contribution in [-0.2, 0) is 14.2 Å². The first-order chi connectivity index (χ1) is 6.40. The van der Waals surface area contributed by atoms with Crippen LogP contribution in [0.5, 0.6) is 0 Å². The van der Waals surface area contributed by atoms with Crippen LogP contribution in [0.3, 0.4) is 0 Å². The molecule has 2 rings (SSSR count). The lowest BCUT2D eigenvalue weighted by Crippen LogP contribution is -2.51.